The molecule has 0 spiro atoms. The van der Waals surface area contributed by atoms with Gasteiger partial charge in [0.1, 0.15) is 12.4 Å². The molecule has 1 fully saturated rings. The zero-order valence-corrected chi connectivity index (χ0v) is 20.2. The monoisotopic (exact) mass is 472 g/mol. The molecule has 1 saturated heterocycles. The normalized spacial score (nSPS) is 14.1. The molecule has 1 heterocycles. The number of hydrogen-bond acceptors (Lipinski definition) is 5. The van der Waals surface area contributed by atoms with E-state index in [4.69, 9.17) is 9.47 Å². The second-order valence-corrected chi connectivity index (χ2v) is 8.71. The van der Waals surface area contributed by atoms with E-state index in [1.54, 1.807) is 24.3 Å². The van der Waals surface area contributed by atoms with Crippen LogP contribution in [0.4, 0.5) is 0 Å². The second-order valence-electron chi connectivity index (χ2n) is 8.71. The highest BCUT2D eigenvalue weighted by molar-refractivity contribution is 5.98. The van der Waals surface area contributed by atoms with E-state index in [1.807, 2.05) is 48.5 Å². The quantitative estimate of drug-likeness (QED) is 0.263. The zero-order valence-electron chi connectivity index (χ0n) is 20.2. The van der Waals surface area contributed by atoms with Gasteiger partial charge >= 0.3 is 5.97 Å². The molecule has 4 rings (SSSR count). The molecule has 35 heavy (non-hydrogen) atoms. The van der Waals surface area contributed by atoms with Crippen LogP contribution in [0, 0.1) is 0 Å². The Morgan fingerprint density at radius 2 is 1.71 bits per heavy atom. The highest BCUT2D eigenvalue weighted by Gasteiger charge is 2.14. The average molecular weight is 473 g/mol. The van der Waals surface area contributed by atoms with E-state index in [0.717, 1.165) is 48.1 Å². The number of nitrogens with zero attached hydrogens (tertiary/aromatic N) is 1. The first kappa shape index (κ1) is 24.5. The predicted octanol–water partition coefficient (Wildman–Crippen LogP) is 4.69. The van der Waals surface area contributed by atoms with Crippen molar-refractivity contribution >= 4 is 28.7 Å². The summed E-state index contributed by atoms with van der Waals surface area (Å²) in [5.74, 6) is 0.191. The van der Waals surface area contributed by atoms with E-state index in [9.17, 15) is 9.59 Å². The van der Waals surface area contributed by atoms with Crippen LogP contribution in [0.25, 0.3) is 16.8 Å². The Balaban J connectivity index is 1.47. The summed E-state index contributed by atoms with van der Waals surface area (Å²) >= 11 is 0. The number of nitrogens with one attached hydrogen (secondary N) is 1. The number of hydrogen-bond donors (Lipinski definition) is 1. The number of amides is 1. The van der Waals surface area contributed by atoms with Gasteiger partial charge in [-0.05, 0) is 74.1 Å². The summed E-state index contributed by atoms with van der Waals surface area (Å²) in [4.78, 5) is 27.3. The Bertz CT molecular complexity index is 1180. The number of carbonyl (C=O) groups is 2. The number of methoxy groups -OCH3 is 1. The van der Waals surface area contributed by atoms with Gasteiger partial charge in [-0.3, -0.25) is 4.79 Å². The Hall–Kier alpha value is -3.64. The van der Waals surface area contributed by atoms with Crippen molar-refractivity contribution in [2.75, 3.05) is 39.9 Å². The third-order valence-electron chi connectivity index (χ3n) is 6.23. The number of benzene rings is 3. The van der Waals surface area contributed by atoms with Crippen molar-refractivity contribution in [1.82, 2.24) is 10.2 Å². The van der Waals surface area contributed by atoms with Gasteiger partial charge in [0.05, 0.1) is 18.2 Å². The fourth-order valence-electron chi connectivity index (χ4n) is 4.31. The van der Waals surface area contributed by atoms with Gasteiger partial charge in [0.15, 0.2) is 0 Å². The van der Waals surface area contributed by atoms with E-state index in [-0.39, 0.29) is 12.5 Å². The van der Waals surface area contributed by atoms with E-state index in [1.165, 1.54) is 20.0 Å². The molecule has 0 radical (unpaired) electrons. The molecule has 1 amide bonds. The lowest BCUT2D eigenvalue weighted by Crippen LogP contribution is -2.31. The maximum Gasteiger partial charge on any atom is 0.337 e. The molecule has 3 aromatic rings. The molecule has 1 N–H and O–H groups in total. The van der Waals surface area contributed by atoms with Crippen molar-refractivity contribution in [3.63, 3.8) is 0 Å². The van der Waals surface area contributed by atoms with Gasteiger partial charge in [0.25, 0.3) is 5.91 Å². The first-order valence-corrected chi connectivity index (χ1v) is 12.1. The van der Waals surface area contributed by atoms with Gasteiger partial charge in [-0.1, -0.05) is 48.5 Å². The number of fused-ring (bicyclic) bond motifs is 1. The van der Waals surface area contributed by atoms with Crippen molar-refractivity contribution in [1.29, 1.82) is 0 Å². The number of ether oxygens (including phenoxy) is 2. The number of carbonyl (C=O) groups excluding carboxylic acids is 2. The minimum absolute atomic E-state index is 0.130. The standard InChI is InChI=1S/C29H32N2O4/c1-34-29(33)24-14-12-22(13-15-24)20-25(28(32)30-16-7-19-31-17-4-5-18-31)21-35-27-11-6-9-23-8-2-3-10-26(23)27/h2-3,6,8-15,20H,4-5,7,16-19,21H2,1H3,(H,30,32). The summed E-state index contributed by atoms with van der Waals surface area (Å²) in [5, 5.41) is 5.14. The van der Waals surface area contributed by atoms with Crippen molar-refractivity contribution in [3.05, 3.63) is 83.4 Å². The van der Waals surface area contributed by atoms with E-state index in [2.05, 4.69) is 10.2 Å². The Morgan fingerprint density at radius 3 is 2.49 bits per heavy atom. The molecule has 0 unspecified atom stereocenters. The molecular formula is C29H32N2O4. The number of rotatable bonds is 10. The minimum atomic E-state index is -0.393. The van der Waals surface area contributed by atoms with Gasteiger partial charge in [0, 0.05) is 11.9 Å². The summed E-state index contributed by atoms with van der Waals surface area (Å²) in [6, 6.07) is 20.9. The van der Waals surface area contributed by atoms with Crippen molar-refractivity contribution < 1.29 is 19.1 Å². The lowest BCUT2D eigenvalue weighted by atomic mass is 10.1. The van der Waals surface area contributed by atoms with Gasteiger partial charge in [-0.2, -0.15) is 0 Å². The van der Waals surface area contributed by atoms with Crippen LogP contribution < -0.4 is 10.1 Å². The van der Waals surface area contributed by atoms with Crippen LogP contribution in [0.2, 0.25) is 0 Å². The van der Waals surface area contributed by atoms with Crippen molar-refractivity contribution in [2.24, 2.45) is 0 Å². The number of likely N-dealkylation sites (tertiary alicyclic amines) is 1. The Labute approximate surface area is 206 Å². The maximum absolute atomic E-state index is 13.1. The van der Waals surface area contributed by atoms with Gasteiger partial charge in [-0.25, -0.2) is 4.79 Å². The molecular weight excluding hydrogens is 440 g/mol. The van der Waals surface area contributed by atoms with Gasteiger partial charge < -0.3 is 19.7 Å². The van der Waals surface area contributed by atoms with Crippen molar-refractivity contribution in [3.8, 4) is 5.75 Å². The first-order valence-electron chi connectivity index (χ1n) is 12.1. The van der Waals surface area contributed by atoms with Crippen LogP contribution >= 0.6 is 0 Å². The molecule has 0 atom stereocenters. The smallest absolute Gasteiger partial charge is 0.337 e. The molecule has 0 bridgehead atoms. The largest absolute Gasteiger partial charge is 0.488 e. The maximum atomic E-state index is 13.1. The van der Waals surface area contributed by atoms with Crippen molar-refractivity contribution in [2.45, 2.75) is 19.3 Å². The van der Waals surface area contributed by atoms with Gasteiger partial charge in [-0.15, -0.1) is 0 Å². The first-order chi connectivity index (χ1) is 17.1. The Morgan fingerprint density at radius 1 is 0.971 bits per heavy atom. The average Bonchev–Trinajstić information content (AvgIpc) is 3.42. The molecule has 6 nitrogen and oxygen atoms in total. The van der Waals surface area contributed by atoms with Crippen LogP contribution in [-0.2, 0) is 9.53 Å². The molecule has 0 saturated carbocycles. The van der Waals surface area contributed by atoms with E-state index < -0.39 is 5.97 Å². The van der Waals surface area contributed by atoms with Crippen LogP contribution in [0.5, 0.6) is 5.75 Å². The minimum Gasteiger partial charge on any atom is -0.488 e. The highest BCUT2D eigenvalue weighted by Crippen LogP contribution is 2.25. The third-order valence-corrected chi connectivity index (χ3v) is 6.23. The molecule has 0 aliphatic carbocycles. The fourth-order valence-corrected chi connectivity index (χ4v) is 4.31. The van der Waals surface area contributed by atoms with Gasteiger partial charge in [0.2, 0.25) is 0 Å². The van der Waals surface area contributed by atoms with Crippen LogP contribution in [-0.4, -0.2) is 56.7 Å². The molecule has 6 heteroatoms. The third kappa shape index (κ3) is 6.70. The molecule has 0 aromatic heterocycles. The van der Waals surface area contributed by atoms with Crippen LogP contribution in [0.3, 0.4) is 0 Å². The highest BCUT2D eigenvalue weighted by atomic mass is 16.5. The summed E-state index contributed by atoms with van der Waals surface area (Å²) in [5.41, 5.74) is 1.79. The summed E-state index contributed by atoms with van der Waals surface area (Å²) in [7, 11) is 1.35. The molecule has 182 valence electrons. The zero-order chi connectivity index (χ0) is 24.5. The SMILES string of the molecule is COC(=O)c1ccc(C=C(COc2cccc3ccccc23)C(=O)NCCCN2CCCC2)cc1. The van der Waals surface area contributed by atoms with E-state index >= 15 is 0 Å². The topological polar surface area (TPSA) is 67.9 Å². The lowest BCUT2D eigenvalue weighted by molar-refractivity contribution is -0.117. The molecule has 1 aliphatic rings. The Kier molecular flexibility index (Phi) is 8.52. The molecule has 1 aliphatic heterocycles. The predicted molar refractivity (Wildman–Crippen MR) is 139 cm³/mol. The van der Waals surface area contributed by atoms with Crippen LogP contribution in [0.15, 0.2) is 72.3 Å². The lowest BCUT2D eigenvalue weighted by Gasteiger charge is -2.15. The summed E-state index contributed by atoms with van der Waals surface area (Å²) in [6.45, 7) is 4.05. The molecule has 3 aromatic carbocycles. The van der Waals surface area contributed by atoms with E-state index in [0.29, 0.717) is 17.7 Å². The fraction of sp³-hybridized carbons (Fsp3) is 0.310. The second kappa shape index (κ2) is 12.2. The summed E-state index contributed by atoms with van der Waals surface area (Å²) < 4.78 is 10.9. The summed E-state index contributed by atoms with van der Waals surface area (Å²) in [6.07, 6.45) is 5.25. The number of esters is 1. The van der Waals surface area contributed by atoms with Crippen LogP contribution in [0.1, 0.15) is 35.2 Å².